The molecule has 1 aromatic rings. The van der Waals surface area contributed by atoms with E-state index in [0.717, 1.165) is 33.9 Å². The number of fused-ring (bicyclic) bond motifs is 1. The van der Waals surface area contributed by atoms with E-state index in [1.807, 2.05) is 12.1 Å². The third-order valence-electron chi connectivity index (χ3n) is 4.16. The van der Waals surface area contributed by atoms with Crippen LogP contribution >= 0.6 is 15.9 Å². The van der Waals surface area contributed by atoms with Gasteiger partial charge in [-0.15, -0.1) is 0 Å². The summed E-state index contributed by atoms with van der Waals surface area (Å²) in [7, 11) is 2.10. The van der Waals surface area contributed by atoms with Gasteiger partial charge in [0.1, 0.15) is 6.04 Å². The first-order chi connectivity index (χ1) is 9.06. The Hall–Kier alpha value is -1.07. The first kappa shape index (κ1) is 12.9. The van der Waals surface area contributed by atoms with Gasteiger partial charge in [0.15, 0.2) is 0 Å². The normalized spacial score (nSPS) is 21.8. The summed E-state index contributed by atoms with van der Waals surface area (Å²) in [4.78, 5) is 13.8. The van der Waals surface area contributed by atoms with Crippen molar-refractivity contribution in [2.75, 3.05) is 23.8 Å². The molecule has 1 unspecified atom stereocenters. The standard InChI is InChI=1S/C14H18BrN3O/c1-18(7-8-3-2-4-8)12-6-11-9(5-10(12)15)13(16)14(19)17-11/h5-6,8,13H,2-4,7,16H2,1H3,(H,17,19). The van der Waals surface area contributed by atoms with Gasteiger partial charge in [0.05, 0.1) is 5.69 Å². The zero-order chi connectivity index (χ0) is 13.6. The highest BCUT2D eigenvalue weighted by molar-refractivity contribution is 9.10. The van der Waals surface area contributed by atoms with Gasteiger partial charge < -0.3 is 16.0 Å². The minimum atomic E-state index is -0.544. The van der Waals surface area contributed by atoms with Crippen molar-refractivity contribution in [3.8, 4) is 0 Å². The van der Waals surface area contributed by atoms with Crippen molar-refractivity contribution in [1.82, 2.24) is 0 Å². The fourth-order valence-electron chi connectivity index (χ4n) is 2.75. The predicted octanol–water partition coefficient (Wildman–Crippen LogP) is 2.64. The largest absolute Gasteiger partial charge is 0.373 e. The van der Waals surface area contributed by atoms with E-state index in [2.05, 4.69) is 33.2 Å². The highest BCUT2D eigenvalue weighted by Gasteiger charge is 2.29. The van der Waals surface area contributed by atoms with Crippen molar-refractivity contribution >= 4 is 33.2 Å². The van der Waals surface area contributed by atoms with Crippen molar-refractivity contribution in [3.05, 3.63) is 22.2 Å². The van der Waals surface area contributed by atoms with Crippen molar-refractivity contribution in [3.63, 3.8) is 0 Å². The SMILES string of the molecule is CN(CC1CCC1)c1cc2c(cc1Br)C(N)C(=O)N2. The molecule has 1 aliphatic heterocycles. The van der Waals surface area contributed by atoms with Gasteiger partial charge in [-0.3, -0.25) is 4.79 Å². The average molecular weight is 324 g/mol. The van der Waals surface area contributed by atoms with Gasteiger partial charge in [-0.2, -0.15) is 0 Å². The molecule has 2 aliphatic rings. The molecule has 0 aromatic heterocycles. The van der Waals surface area contributed by atoms with E-state index in [1.54, 1.807) is 0 Å². The van der Waals surface area contributed by atoms with Crippen LogP contribution in [0.1, 0.15) is 30.9 Å². The van der Waals surface area contributed by atoms with Gasteiger partial charge in [0.25, 0.3) is 0 Å². The summed E-state index contributed by atoms with van der Waals surface area (Å²) in [5.41, 5.74) is 8.68. The summed E-state index contributed by atoms with van der Waals surface area (Å²) in [5.74, 6) is 0.683. The minimum Gasteiger partial charge on any atom is -0.373 e. The molecule has 1 aliphatic carbocycles. The molecule has 3 rings (SSSR count). The summed E-state index contributed by atoms with van der Waals surface area (Å²) in [6.07, 6.45) is 4.01. The molecule has 0 saturated heterocycles. The molecule has 1 aromatic carbocycles. The fraction of sp³-hybridized carbons (Fsp3) is 0.500. The van der Waals surface area contributed by atoms with Crippen molar-refractivity contribution in [1.29, 1.82) is 0 Å². The molecule has 0 spiro atoms. The number of carbonyl (C=O) groups excluding carboxylic acids is 1. The Morgan fingerprint density at radius 2 is 2.21 bits per heavy atom. The summed E-state index contributed by atoms with van der Waals surface area (Å²) in [6, 6.07) is 3.44. The van der Waals surface area contributed by atoms with Crippen molar-refractivity contribution < 1.29 is 4.79 Å². The summed E-state index contributed by atoms with van der Waals surface area (Å²) < 4.78 is 1.00. The molecule has 19 heavy (non-hydrogen) atoms. The predicted molar refractivity (Wildman–Crippen MR) is 80.3 cm³/mol. The Kier molecular flexibility index (Phi) is 3.27. The molecule has 1 saturated carbocycles. The van der Waals surface area contributed by atoms with Crippen LogP contribution in [-0.4, -0.2) is 19.5 Å². The number of nitrogens with one attached hydrogen (secondary N) is 1. The topological polar surface area (TPSA) is 58.4 Å². The second-order valence-corrected chi connectivity index (χ2v) is 6.39. The lowest BCUT2D eigenvalue weighted by atomic mass is 9.85. The van der Waals surface area contributed by atoms with Crippen LogP contribution in [0.5, 0.6) is 0 Å². The quantitative estimate of drug-likeness (QED) is 0.899. The smallest absolute Gasteiger partial charge is 0.245 e. The lowest BCUT2D eigenvalue weighted by Crippen LogP contribution is -2.29. The monoisotopic (exact) mass is 323 g/mol. The number of nitrogens with two attached hydrogens (primary N) is 1. The van der Waals surface area contributed by atoms with Crippen LogP contribution < -0.4 is 16.0 Å². The molecule has 102 valence electrons. The van der Waals surface area contributed by atoms with Crippen molar-refractivity contribution in [2.24, 2.45) is 11.7 Å². The van der Waals surface area contributed by atoms with Gasteiger partial charge in [-0.25, -0.2) is 0 Å². The molecule has 3 N–H and O–H groups in total. The van der Waals surface area contributed by atoms with Gasteiger partial charge in [0, 0.05) is 29.3 Å². The van der Waals surface area contributed by atoms with E-state index < -0.39 is 6.04 Å². The number of hydrogen-bond acceptors (Lipinski definition) is 3. The van der Waals surface area contributed by atoms with E-state index in [4.69, 9.17) is 5.73 Å². The molecular weight excluding hydrogens is 306 g/mol. The number of halogens is 1. The first-order valence-electron chi connectivity index (χ1n) is 6.67. The highest BCUT2D eigenvalue weighted by Crippen LogP contribution is 2.39. The third-order valence-corrected chi connectivity index (χ3v) is 4.80. The zero-order valence-electron chi connectivity index (χ0n) is 10.9. The lowest BCUT2D eigenvalue weighted by Gasteiger charge is -2.32. The summed E-state index contributed by atoms with van der Waals surface area (Å²) >= 11 is 3.59. The second kappa shape index (κ2) is 4.80. The zero-order valence-corrected chi connectivity index (χ0v) is 12.5. The maximum absolute atomic E-state index is 11.6. The number of hydrogen-bond donors (Lipinski definition) is 2. The first-order valence-corrected chi connectivity index (χ1v) is 7.46. The van der Waals surface area contributed by atoms with Gasteiger partial charge in [0.2, 0.25) is 5.91 Å². The summed E-state index contributed by atoms with van der Waals surface area (Å²) in [6.45, 7) is 1.07. The molecule has 1 fully saturated rings. The number of nitrogens with zero attached hydrogens (tertiary/aromatic N) is 1. The maximum Gasteiger partial charge on any atom is 0.245 e. The van der Waals surface area contributed by atoms with Gasteiger partial charge in [-0.05, 0) is 46.8 Å². The van der Waals surface area contributed by atoms with E-state index in [9.17, 15) is 4.79 Å². The molecule has 1 heterocycles. The summed E-state index contributed by atoms with van der Waals surface area (Å²) in [5, 5.41) is 2.84. The van der Waals surface area contributed by atoms with E-state index in [1.165, 1.54) is 19.3 Å². The van der Waals surface area contributed by atoms with Crippen LogP contribution in [0.4, 0.5) is 11.4 Å². The molecule has 0 bridgehead atoms. The average Bonchev–Trinajstić information content (AvgIpc) is 2.59. The van der Waals surface area contributed by atoms with Crippen LogP contribution in [0.3, 0.4) is 0 Å². The number of carbonyl (C=O) groups is 1. The third kappa shape index (κ3) is 2.25. The van der Waals surface area contributed by atoms with Crippen LogP contribution in [0, 0.1) is 5.92 Å². The molecule has 0 radical (unpaired) electrons. The maximum atomic E-state index is 11.6. The lowest BCUT2D eigenvalue weighted by molar-refractivity contribution is -0.116. The molecular formula is C14H18BrN3O. The Bertz CT molecular complexity index is 528. The second-order valence-electron chi connectivity index (χ2n) is 5.54. The Labute approximate surface area is 121 Å². The van der Waals surface area contributed by atoms with Crippen LogP contribution in [0.15, 0.2) is 16.6 Å². The van der Waals surface area contributed by atoms with Crippen LogP contribution in [0.2, 0.25) is 0 Å². The molecule has 4 nitrogen and oxygen atoms in total. The van der Waals surface area contributed by atoms with E-state index in [0.29, 0.717) is 0 Å². The number of rotatable bonds is 3. The molecule has 5 heteroatoms. The Morgan fingerprint density at radius 3 is 2.84 bits per heavy atom. The minimum absolute atomic E-state index is 0.124. The number of amides is 1. The molecule has 1 amide bonds. The van der Waals surface area contributed by atoms with Crippen LogP contribution in [-0.2, 0) is 4.79 Å². The van der Waals surface area contributed by atoms with Crippen LogP contribution in [0.25, 0.3) is 0 Å². The van der Waals surface area contributed by atoms with Gasteiger partial charge >= 0.3 is 0 Å². The Morgan fingerprint density at radius 1 is 1.47 bits per heavy atom. The fourth-order valence-corrected chi connectivity index (χ4v) is 3.41. The molecule has 1 atom stereocenters. The number of benzene rings is 1. The van der Waals surface area contributed by atoms with Crippen molar-refractivity contribution in [2.45, 2.75) is 25.3 Å². The highest BCUT2D eigenvalue weighted by atomic mass is 79.9. The van der Waals surface area contributed by atoms with E-state index in [-0.39, 0.29) is 5.91 Å². The van der Waals surface area contributed by atoms with E-state index >= 15 is 0 Å². The number of anilines is 2. The Balaban J connectivity index is 1.86. The van der Waals surface area contributed by atoms with Gasteiger partial charge in [-0.1, -0.05) is 6.42 Å².